The van der Waals surface area contributed by atoms with Crippen LogP contribution < -0.4 is 5.73 Å². The number of carbonyl (C=O) groups excluding carboxylic acids is 1. The number of aryl methyl sites for hydroxylation is 1. The third-order valence-corrected chi connectivity index (χ3v) is 3.72. The quantitative estimate of drug-likeness (QED) is 0.677. The van der Waals surface area contributed by atoms with Gasteiger partial charge in [0.2, 0.25) is 0 Å². The van der Waals surface area contributed by atoms with Gasteiger partial charge in [0, 0.05) is 25.4 Å². The molecule has 0 fully saturated rings. The Morgan fingerprint density at radius 1 is 1.30 bits per heavy atom. The summed E-state index contributed by atoms with van der Waals surface area (Å²) in [5, 5.41) is 0. The molecule has 0 aromatic carbocycles. The summed E-state index contributed by atoms with van der Waals surface area (Å²) in [6, 6.07) is 0. The number of hydrogen-bond donors (Lipinski definition) is 1. The van der Waals surface area contributed by atoms with E-state index in [4.69, 9.17) is 5.73 Å². The van der Waals surface area contributed by atoms with E-state index in [1.807, 2.05) is 6.20 Å². The Balaban J connectivity index is 2.40. The number of rotatable bonds is 11. The molecular formula is C16H29N3O. The molecule has 0 saturated heterocycles. The molecule has 0 aliphatic carbocycles. The first-order valence-electron chi connectivity index (χ1n) is 7.93. The number of hydrogen-bond acceptors (Lipinski definition) is 3. The molecule has 2 N–H and O–H groups in total. The van der Waals surface area contributed by atoms with Crippen molar-refractivity contribution in [3.63, 3.8) is 0 Å². The molecule has 1 aromatic rings. The molecule has 0 saturated carbocycles. The van der Waals surface area contributed by atoms with Crippen LogP contribution in [0.25, 0.3) is 0 Å². The summed E-state index contributed by atoms with van der Waals surface area (Å²) in [6.45, 7) is 5.98. The molecule has 0 aliphatic rings. The second-order valence-electron chi connectivity index (χ2n) is 5.52. The first-order valence-corrected chi connectivity index (χ1v) is 7.93. The summed E-state index contributed by atoms with van der Waals surface area (Å²) < 4.78 is 2.08. The maximum Gasteiger partial charge on any atom is 0.140 e. The molecule has 1 atom stereocenters. The van der Waals surface area contributed by atoms with E-state index in [1.165, 1.54) is 12.8 Å². The minimum absolute atomic E-state index is 0.298. The predicted molar refractivity (Wildman–Crippen MR) is 82.5 cm³/mol. The first kappa shape index (κ1) is 16.9. The van der Waals surface area contributed by atoms with Crippen LogP contribution in [0, 0.1) is 5.92 Å². The normalized spacial score (nSPS) is 12.6. The van der Waals surface area contributed by atoms with E-state index >= 15 is 0 Å². The van der Waals surface area contributed by atoms with Gasteiger partial charge in [-0.3, -0.25) is 4.79 Å². The number of ketones is 1. The molecule has 1 aromatic heterocycles. The Labute approximate surface area is 122 Å². The van der Waals surface area contributed by atoms with Crippen LogP contribution >= 0.6 is 0 Å². The van der Waals surface area contributed by atoms with Crippen molar-refractivity contribution in [2.24, 2.45) is 11.7 Å². The molecule has 1 rings (SSSR count). The highest BCUT2D eigenvalue weighted by Gasteiger charge is 2.12. The lowest BCUT2D eigenvalue weighted by atomic mass is 9.93. The van der Waals surface area contributed by atoms with Gasteiger partial charge in [-0.1, -0.05) is 26.7 Å². The number of Topliss-reactive ketones (excluding diaryl/α,β-unsaturated/α-hetero) is 1. The Bertz CT molecular complexity index is 381. The molecule has 4 nitrogen and oxygen atoms in total. The van der Waals surface area contributed by atoms with Crippen LogP contribution in [0.1, 0.15) is 58.2 Å². The smallest absolute Gasteiger partial charge is 0.140 e. The van der Waals surface area contributed by atoms with Crippen LogP contribution in [0.5, 0.6) is 0 Å². The zero-order chi connectivity index (χ0) is 14.8. The molecule has 1 unspecified atom stereocenters. The minimum atomic E-state index is 0.298. The van der Waals surface area contributed by atoms with Crippen LogP contribution in [0.3, 0.4) is 0 Å². The van der Waals surface area contributed by atoms with Gasteiger partial charge in [0.05, 0.1) is 6.42 Å². The van der Waals surface area contributed by atoms with Crippen LogP contribution in [0.4, 0.5) is 0 Å². The fourth-order valence-electron chi connectivity index (χ4n) is 2.66. The number of nitrogens with two attached hydrogens (primary N) is 1. The Morgan fingerprint density at radius 2 is 2.10 bits per heavy atom. The Kier molecular flexibility index (Phi) is 8.19. The average molecular weight is 279 g/mol. The fourth-order valence-corrected chi connectivity index (χ4v) is 2.66. The third kappa shape index (κ3) is 5.87. The third-order valence-electron chi connectivity index (χ3n) is 3.72. The highest BCUT2D eigenvalue weighted by atomic mass is 16.1. The van der Waals surface area contributed by atoms with Gasteiger partial charge >= 0.3 is 0 Å². The van der Waals surface area contributed by atoms with E-state index in [-0.39, 0.29) is 0 Å². The van der Waals surface area contributed by atoms with E-state index in [0.29, 0.717) is 24.5 Å². The van der Waals surface area contributed by atoms with Crippen molar-refractivity contribution in [3.8, 4) is 0 Å². The second-order valence-corrected chi connectivity index (χ2v) is 5.52. The van der Waals surface area contributed by atoms with E-state index in [1.54, 1.807) is 6.20 Å². The van der Waals surface area contributed by atoms with E-state index in [2.05, 4.69) is 23.4 Å². The topological polar surface area (TPSA) is 60.9 Å². The van der Waals surface area contributed by atoms with Crippen LogP contribution in [-0.2, 0) is 17.8 Å². The SMILES string of the molecule is CCCC(CCN)CCC(=O)Cc1nccn1CCC. The summed E-state index contributed by atoms with van der Waals surface area (Å²) >= 11 is 0. The van der Waals surface area contributed by atoms with E-state index < -0.39 is 0 Å². The Morgan fingerprint density at radius 3 is 2.75 bits per heavy atom. The van der Waals surface area contributed by atoms with Gasteiger partial charge in [-0.05, 0) is 31.7 Å². The lowest BCUT2D eigenvalue weighted by Gasteiger charge is -2.14. The Hall–Kier alpha value is -1.16. The van der Waals surface area contributed by atoms with Crippen molar-refractivity contribution in [2.45, 2.75) is 65.3 Å². The summed E-state index contributed by atoms with van der Waals surface area (Å²) in [7, 11) is 0. The maximum atomic E-state index is 12.1. The van der Waals surface area contributed by atoms with Gasteiger partial charge in [-0.2, -0.15) is 0 Å². The van der Waals surface area contributed by atoms with Crippen LogP contribution in [0.15, 0.2) is 12.4 Å². The molecule has 114 valence electrons. The molecule has 0 aliphatic heterocycles. The zero-order valence-corrected chi connectivity index (χ0v) is 13.0. The summed E-state index contributed by atoms with van der Waals surface area (Å²) in [5.41, 5.74) is 5.63. The largest absolute Gasteiger partial charge is 0.335 e. The molecule has 0 radical (unpaired) electrons. The van der Waals surface area contributed by atoms with Crippen LogP contribution in [0.2, 0.25) is 0 Å². The highest BCUT2D eigenvalue weighted by molar-refractivity contribution is 5.80. The fraction of sp³-hybridized carbons (Fsp3) is 0.750. The molecule has 20 heavy (non-hydrogen) atoms. The van der Waals surface area contributed by atoms with Crippen molar-refractivity contribution < 1.29 is 4.79 Å². The number of aromatic nitrogens is 2. The molecule has 1 heterocycles. The average Bonchev–Trinajstić information content (AvgIpc) is 2.84. The lowest BCUT2D eigenvalue weighted by molar-refractivity contribution is -0.118. The van der Waals surface area contributed by atoms with Gasteiger partial charge in [-0.25, -0.2) is 4.98 Å². The number of carbonyl (C=O) groups is 1. The molecule has 0 spiro atoms. The highest BCUT2D eigenvalue weighted by Crippen LogP contribution is 2.17. The van der Waals surface area contributed by atoms with Gasteiger partial charge in [0.1, 0.15) is 11.6 Å². The first-order chi connectivity index (χ1) is 9.71. The molecule has 4 heteroatoms. The van der Waals surface area contributed by atoms with Crippen molar-refractivity contribution in [3.05, 3.63) is 18.2 Å². The van der Waals surface area contributed by atoms with Crippen molar-refractivity contribution >= 4 is 5.78 Å². The van der Waals surface area contributed by atoms with Gasteiger partial charge in [-0.15, -0.1) is 0 Å². The lowest BCUT2D eigenvalue weighted by Crippen LogP contribution is -2.13. The van der Waals surface area contributed by atoms with Gasteiger partial charge < -0.3 is 10.3 Å². The number of imidazole rings is 1. The minimum Gasteiger partial charge on any atom is -0.335 e. The zero-order valence-electron chi connectivity index (χ0n) is 13.0. The summed E-state index contributed by atoms with van der Waals surface area (Å²) in [4.78, 5) is 16.4. The van der Waals surface area contributed by atoms with Crippen molar-refractivity contribution in [2.75, 3.05) is 6.54 Å². The maximum absolute atomic E-state index is 12.1. The van der Waals surface area contributed by atoms with E-state index in [0.717, 1.165) is 38.2 Å². The van der Waals surface area contributed by atoms with Crippen molar-refractivity contribution in [1.82, 2.24) is 9.55 Å². The molecule has 0 bridgehead atoms. The second kappa shape index (κ2) is 9.70. The van der Waals surface area contributed by atoms with Gasteiger partial charge in [0.15, 0.2) is 0 Å². The predicted octanol–water partition coefficient (Wildman–Crippen LogP) is 2.95. The van der Waals surface area contributed by atoms with Crippen LogP contribution in [-0.4, -0.2) is 21.9 Å². The van der Waals surface area contributed by atoms with Gasteiger partial charge in [0.25, 0.3) is 0 Å². The summed E-state index contributed by atoms with van der Waals surface area (Å²) in [6.07, 6.45) is 10.3. The molecule has 0 amide bonds. The summed E-state index contributed by atoms with van der Waals surface area (Å²) in [5.74, 6) is 1.80. The number of nitrogens with zero attached hydrogens (tertiary/aromatic N) is 2. The standard InChI is InChI=1S/C16H29N3O/c1-3-5-14(8-9-17)6-7-15(20)13-16-18-10-12-19(16)11-4-2/h10,12,14H,3-9,11,13,17H2,1-2H3. The van der Waals surface area contributed by atoms with E-state index in [9.17, 15) is 4.79 Å². The monoisotopic (exact) mass is 279 g/mol. The van der Waals surface area contributed by atoms with Crippen molar-refractivity contribution in [1.29, 1.82) is 0 Å². The molecular weight excluding hydrogens is 250 g/mol.